The fraction of sp³-hybridized carbons (Fsp3) is 0.500. The van der Waals surface area contributed by atoms with Gasteiger partial charge in [0.2, 0.25) is 0 Å². The van der Waals surface area contributed by atoms with Crippen molar-refractivity contribution in [2.45, 2.75) is 45.9 Å². The number of amides is 1. The minimum Gasteiger partial charge on any atom is -0.479 e. The first-order valence-corrected chi connectivity index (χ1v) is 6.48. The molecule has 0 aliphatic rings. The van der Waals surface area contributed by atoms with Crippen LogP contribution in [-0.4, -0.2) is 22.7 Å². The lowest BCUT2D eigenvalue weighted by Gasteiger charge is -2.23. The summed E-state index contributed by atoms with van der Waals surface area (Å²) in [5, 5.41) is 12.2. The van der Waals surface area contributed by atoms with Gasteiger partial charge < -0.3 is 15.2 Å². The molecule has 106 valence electrons. The minimum absolute atomic E-state index is 0.0833. The zero-order valence-electron chi connectivity index (χ0n) is 11.7. The van der Waals surface area contributed by atoms with Gasteiger partial charge in [-0.25, -0.2) is 0 Å². The Labute approximate surface area is 118 Å². The third-order valence-electron chi connectivity index (χ3n) is 2.35. The van der Waals surface area contributed by atoms with Crippen molar-refractivity contribution in [2.75, 3.05) is 0 Å². The minimum atomic E-state index is -0.642. The molecule has 2 N–H and O–H groups in total. The predicted molar refractivity (Wildman–Crippen MR) is 75.4 cm³/mol. The lowest BCUT2D eigenvalue weighted by Crippen LogP contribution is -2.46. The molecule has 0 aliphatic carbocycles. The van der Waals surface area contributed by atoms with Crippen LogP contribution in [0, 0.1) is 0 Å². The number of nitrogens with one attached hydrogen (secondary N) is 1. The fourth-order valence-corrected chi connectivity index (χ4v) is 1.70. The number of carbonyl (C=O) groups excluding carboxylic acids is 1. The SMILES string of the molecule is CC(Oc1ccc(CO)cc1Cl)C(=O)NC(C)(C)C. The van der Waals surface area contributed by atoms with Crippen molar-refractivity contribution < 1.29 is 14.6 Å². The maximum atomic E-state index is 11.9. The maximum Gasteiger partial charge on any atom is 0.261 e. The molecule has 1 rings (SSSR count). The lowest BCUT2D eigenvalue weighted by molar-refractivity contribution is -0.128. The number of ether oxygens (including phenoxy) is 1. The Bertz CT molecular complexity index is 454. The van der Waals surface area contributed by atoms with Gasteiger partial charge in [-0.2, -0.15) is 0 Å². The zero-order chi connectivity index (χ0) is 14.6. The second-order valence-corrected chi connectivity index (χ2v) is 5.83. The summed E-state index contributed by atoms with van der Waals surface area (Å²) >= 11 is 6.02. The number of hydrogen-bond donors (Lipinski definition) is 2. The summed E-state index contributed by atoms with van der Waals surface area (Å²) in [5.41, 5.74) is 0.392. The van der Waals surface area contributed by atoms with Crippen LogP contribution in [0.4, 0.5) is 0 Å². The highest BCUT2D eigenvalue weighted by atomic mass is 35.5. The summed E-state index contributed by atoms with van der Waals surface area (Å²) in [4.78, 5) is 11.9. The summed E-state index contributed by atoms with van der Waals surface area (Å²) in [5.74, 6) is 0.227. The Morgan fingerprint density at radius 2 is 2.11 bits per heavy atom. The average molecular weight is 286 g/mol. The summed E-state index contributed by atoms with van der Waals surface area (Å²) in [6.45, 7) is 7.29. The summed E-state index contributed by atoms with van der Waals surface area (Å²) in [6.07, 6.45) is -0.642. The monoisotopic (exact) mass is 285 g/mol. The van der Waals surface area contributed by atoms with E-state index in [1.807, 2.05) is 20.8 Å². The fourth-order valence-electron chi connectivity index (χ4n) is 1.45. The number of rotatable bonds is 4. The first-order chi connectivity index (χ1) is 8.73. The van der Waals surface area contributed by atoms with Crippen LogP contribution in [-0.2, 0) is 11.4 Å². The van der Waals surface area contributed by atoms with Crippen molar-refractivity contribution in [2.24, 2.45) is 0 Å². The highest BCUT2D eigenvalue weighted by Crippen LogP contribution is 2.26. The topological polar surface area (TPSA) is 58.6 Å². The lowest BCUT2D eigenvalue weighted by atomic mass is 10.1. The molecule has 0 bridgehead atoms. The summed E-state index contributed by atoms with van der Waals surface area (Å²) in [7, 11) is 0. The van der Waals surface area contributed by atoms with E-state index in [1.54, 1.807) is 25.1 Å². The molecule has 0 aromatic heterocycles. The normalized spacial score (nSPS) is 12.9. The van der Waals surface area contributed by atoms with E-state index >= 15 is 0 Å². The number of halogens is 1. The summed E-state index contributed by atoms with van der Waals surface area (Å²) in [6, 6.07) is 4.97. The Hall–Kier alpha value is -1.26. The van der Waals surface area contributed by atoms with Gasteiger partial charge in [0.05, 0.1) is 11.6 Å². The van der Waals surface area contributed by atoms with E-state index in [0.717, 1.165) is 0 Å². The van der Waals surface area contributed by atoms with Gasteiger partial charge in [-0.1, -0.05) is 17.7 Å². The highest BCUT2D eigenvalue weighted by Gasteiger charge is 2.21. The first kappa shape index (κ1) is 15.8. The van der Waals surface area contributed by atoms with Crippen LogP contribution in [0.5, 0.6) is 5.75 Å². The number of aliphatic hydroxyl groups is 1. The van der Waals surface area contributed by atoms with E-state index in [2.05, 4.69) is 5.32 Å². The van der Waals surface area contributed by atoms with Gasteiger partial charge in [0, 0.05) is 5.54 Å². The Morgan fingerprint density at radius 1 is 1.47 bits per heavy atom. The number of aliphatic hydroxyl groups excluding tert-OH is 1. The quantitative estimate of drug-likeness (QED) is 0.894. The van der Waals surface area contributed by atoms with Crippen LogP contribution in [0.2, 0.25) is 5.02 Å². The molecule has 1 aromatic carbocycles. The summed E-state index contributed by atoms with van der Waals surface area (Å²) < 4.78 is 5.53. The van der Waals surface area contributed by atoms with E-state index in [-0.39, 0.29) is 18.1 Å². The molecular weight excluding hydrogens is 266 g/mol. The Morgan fingerprint density at radius 3 is 2.58 bits per heavy atom. The van der Waals surface area contributed by atoms with Crippen LogP contribution >= 0.6 is 11.6 Å². The van der Waals surface area contributed by atoms with Crippen molar-refractivity contribution in [1.29, 1.82) is 0 Å². The van der Waals surface area contributed by atoms with E-state index in [0.29, 0.717) is 16.3 Å². The van der Waals surface area contributed by atoms with Crippen LogP contribution in [0.1, 0.15) is 33.3 Å². The highest BCUT2D eigenvalue weighted by molar-refractivity contribution is 6.32. The van der Waals surface area contributed by atoms with Crippen LogP contribution in [0.15, 0.2) is 18.2 Å². The molecule has 0 heterocycles. The molecule has 5 heteroatoms. The molecule has 0 radical (unpaired) electrons. The molecule has 1 atom stereocenters. The van der Waals surface area contributed by atoms with Gasteiger partial charge in [-0.05, 0) is 45.4 Å². The largest absolute Gasteiger partial charge is 0.479 e. The molecule has 1 aromatic rings. The zero-order valence-corrected chi connectivity index (χ0v) is 12.4. The van der Waals surface area contributed by atoms with Crippen molar-refractivity contribution in [1.82, 2.24) is 5.32 Å². The molecule has 1 amide bonds. The van der Waals surface area contributed by atoms with Crippen molar-refractivity contribution in [3.63, 3.8) is 0 Å². The van der Waals surface area contributed by atoms with E-state index in [9.17, 15) is 4.79 Å². The molecule has 19 heavy (non-hydrogen) atoms. The van der Waals surface area contributed by atoms with Gasteiger partial charge in [-0.3, -0.25) is 4.79 Å². The van der Waals surface area contributed by atoms with Gasteiger partial charge >= 0.3 is 0 Å². The molecule has 1 unspecified atom stereocenters. The molecule has 0 saturated carbocycles. The second kappa shape index (κ2) is 6.26. The van der Waals surface area contributed by atoms with E-state index in [4.69, 9.17) is 21.4 Å². The van der Waals surface area contributed by atoms with Gasteiger partial charge in [0.25, 0.3) is 5.91 Å². The van der Waals surface area contributed by atoms with Crippen molar-refractivity contribution >= 4 is 17.5 Å². The molecule has 0 spiro atoms. The van der Waals surface area contributed by atoms with E-state index in [1.165, 1.54) is 0 Å². The van der Waals surface area contributed by atoms with Gasteiger partial charge in [0.1, 0.15) is 5.75 Å². The third-order valence-corrected chi connectivity index (χ3v) is 2.65. The predicted octanol–water partition coefficient (Wildman–Crippen LogP) is 2.51. The molecule has 0 fully saturated rings. The Balaban J connectivity index is 2.71. The van der Waals surface area contributed by atoms with Gasteiger partial charge in [-0.15, -0.1) is 0 Å². The maximum absolute atomic E-state index is 11.9. The van der Waals surface area contributed by atoms with Crippen molar-refractivity contribution in [3.05, 3.63) is 28.8 Å². The number of carbonyl (C=O) groups is 1. The van der Waals surface area contributed by atoms with Crippen LogP contribution in [0.3, 0.4) is 0 Å². The average Bonchev–Trinajstić information content (AvgIpc) is 2.29. The smallest absolute Gasteiger partial charge is 0.261 e. The number of hydrogen-bond acceptors (Lipinski definition) is 3. The second-order valence-electron chi connectivity index (χ2n) is 5.42. The molecular formula is C14H20ClNO3. The molecule has 0 saturated heterocycles. The third kappa shape index (κ3) is 5.09. The van der Waals surface area contributed by atoms with E-state index < -0.39 is 6.10 Å². The van der Waals surface area contributed by atoms with Crippen molar-refractivity contribution in [3.8, 4) is 5.75 Å². The standard InChI is InChI=1S/C14H20ClNO3/c1-9(13(18)16-14(2,3)4)19-12-6-5-10(8-17)7-11(12)15/h5-7,9,17H,8H2,1-4H3,(H,16,18). The molecule has 4 nitrogen and oxygen atoms in total. The van der Waals surface area contributed by atoms with Crippen LogP contribution in [0.25, 0.3) is 0 Å². The molecule has 0 aliphatic heterocycles. The number of benzene rings is 1. The van der Waals surface area contributed by atoms with Gasteiger partial charge in [0.15, 0.2) is 6.10 Å². The Kier molecular flexibility index (Phi) is 5.20. The first-order valence-electron chi connectivity index (χ1n) is 6.11. The van der Waals surface area contributed by atoms with Crippen LogP contribution < -0.4 is 10.1 Å².